The lowest BCUT2D eigenvalue weighted by molar-refractivity contribution is 0.0314. The van der Waals surface area contributed by atoms with Crippen LogP contribution in [-0.4, -0.2) is 39.4 Å². The van der Waals surface area contributed by atoms with Gasteiger partial charge in [0.2, 0.25) is 0 Å². The second-order valence-electron chi connectivity index (χ2n) is 4.92. The zero-order valence-electron chi connectivity index (χ0n) is 12.1. The molecule has 0 aliphatic carbocycles. The van der Waals surface area contributed by atoms with Gasteiger partial charge in [-0.05, 0) is 13.0 Å². The highest BCUT2D eigenvalue weighted by atomic mass is 35.5. The van der Waals surface area contributed by atoms with Crippen molar-refractivity contribution >= 4 is 17.4 Å². The number of halogens is 1. The van der Waals surface area contributed by atoms with Crippen LogP contribution in [0.25, 0.3) is 0 Å². The highest BCUT2D eigenvalue weighted by Crippen LogP contribution is 2.29. The number of pyridine rings is 1. The third-order valence-electron chi connectivity index (χ3n) is 3.59. The summed E-state index contributed by atoms with van der Waals surface area (Å²) in [5.74, 6) is 1.47. The first kappa shape index (κ1) is 14.8. The smallest absolute Gasteiger partial charge is 0.163 e. The average Bonchev–Trinajstić information content (AvgIpc) is 3.03. The van der Waals surface area contributed by atoms with E-state index >= 15 is 0 Å². The summed E-state index contributed by atoms with van der Waals surface area (Å²) < 4.78 is 7.77. The summed E-state index contributed by atoms with van der Waals surface area (Å²) in [4.78, 5) is 6.35. The summed E-state index contributed by atoms with van der Waals surface area (Å²) >= 11 is 6.24. The van der Waals surface area contributed by atoms with Crippen LogP contribution in [0.15, 0.2) is 18.6 Å². The Balaban J connectivity index is 1.83. The Morgan fingerprint density at radius 1 is 1.55 bits per heavy atom. The van der Waals surface area contributed by atoms with Crippen molar-refractivity contribution in [3.63, 3.8) is 0 Å². The molecular weight excluding hydrogens is 304 g/mol. The zero-order valence-corrected chi connectivity index (χ0v) is 12.9. The lowest BCUT2D eigenvalue weighted by Gasteiger charge is -2.33. The molecule has 1 fully saturated rings. The minimum Gasteiger partial charge on any atom is -0.366 e. The first-order valence-electron chi connectivity index (χ1n) is 7.02. The van der Waals surface area contributed by atoms with E-state index in [1.54, 1.807) is 12.4 Å². The van der Waals surface area contributed by atoms with Gasteiger partial charge >= 0.3 is 0 Å². The quantitative estimate of drug-likeness (QED) is 0.858. The number of morpholine rings is 1. The van der Waals surface area contributed by atoms with Gasteiger partial charge in [-0.25, -0.2) is 4.98 Å². The van der Waals surface area contributed by atoms with Crippen LogP contribution in [0.4, 0.5) is 5.82 Å². The molecule has 114 valence electrons. The zero-order chi connectivity index (χ0) is 15.5. The maximum absolute atomic E-state index is 8.89. The van der Waals surface area contributed by atoms with Gasteiger partial charge in [0, 0.05) is 19.3 Å². The maximum Gasteiger partial charge on any atom is 0.163 e. The number of aromatic nitrogens is 4. The molecular formula is C14H15ClN6O. The number of hydrogen-bond acceptors (Lipinski definition) is 6. The predicted molar refractivity (Wildman–Crippen MR) is 80.6 cm³/mol. The highest BCUT2D eigenvalue weighted by Gasteiger charge is 2.27. The molecule has 8 heteroatoms. The van der Waals surface area contributed by atoms with Crippen LogP contribution in [0.5, 0.6) is 0 Å². The molecule has 2 aromatic rings. The fraction of sp³-hybridized carbons (Fsp3) is 0.429. The van der Waals surface area contributed by atoms with E-state index in [4.69, 9.17) is 21.6 Å². The third kappa shape index (κ3) is 2.75. The van der Waals surface area contributed by atoms with Crippen LogP contribution >= 0.6 is 11.6 Å². The van der Waals surface area contributed by atoms with Crippen molar-refractivity contribution in [3.8, 4) is 6.07 Å². The van der Waals surface area contributed by atoms with Crippen LogP contribution in [0, 0.1) is 11.3 Å². The molecule has 0 unspecified atom stereocenters. The average molecular weight is 319 g/mol. The van der Waals surface area contributed by atoms with Gasteiger partial charge in [0.05, 0.1) is 23.7 Å². The van der Waals surface area contributed by atoms with Crippen molar-refractivity contribution in [2.45, 2.75) is 19.6 Å². The van der Waals surface area contributed by atoms with Gasteiger partial charge in [-0.1, -0.05) is 11.6 Å². The number of anilines is 1. The van der Waals surface area contributed by atoms with Gasteiger partial charge < -0.3 is 14.2 Å². The topological polar surface area (TPSA) is 79.9 Å². The van der Waals surface area contributed by atoms with Crippen LogP contribution in [0.3, 0.4) is 0 Å². The molecule has 1 aliphatic heterocycles. The van der Waals surface area contributed by atoms with Crippen molar-refractivity contribution in [2.75, 3.05) is 24.6 Å². The summed E-state index contributed by atoms with van der Waals surface area (Å²) in [6, 6.07) is 3.66. The van der Waals surface area contributed by atoms with Crippen molar-refractivity contribution < 1.29 is 4.74 Å². The van der Waals surface area contributed by atoms with E-state index in [0.29, 0.717) is 36.1 Å². The third-order valence-corrected chi connectivity index (χ3v) is 3.87. The standard InChI is InChI=1S/C14H15ClN6O/c1-2-20-9-18-19-14(20)12-8-21(3-4-22-12)13-11(15)5-10(6-16)7-17-13/h5,7,9,12H,2-4,8H2,1H3/t12-/m0/s1. The Labute approximate surface area is 133 Å². The van der Waals surface area contributed by atoms with Crippen LogP contribution in [-0.2, 0) is 11.3 Å². The Kier molecular flexibility index (Phi) is 4.22. The number of ether oxygens (including phenoxy) is 1. The molecule has 1 saturated heterocycles. The van der Waals surface area contributed by atoms with E-state index < -0.39 is 0 Å². The highest BCUT2D eigenvalue weighted by molar-refractivity contribution is 6.33. The lowest BCUT2D eigenvalue weighted by atomic mass is 10.2. The molecule has 2 aromatic heterocycles. The molecule has 0 bridgehead atoms. The SMILES string of the molecule is CCn1cnnc1[C@@H]1CN(c2ncc(C#N)cc2Cl)CCO1. The molecule has 0 aromatic carbocycles. The number of hydrogen-bond donors (Lipinski definition) is 0. The molecule has 0 spiro atoms. The van der Waals surface area contributed by atoms with Gasteiger partial charge in [0.15, 0.2) is 5.82 Å². The molecule has 1 atom stereocenters. The molecule has 1 aliphatic rings. The normalized spacial score (nSPS) is 18.2. The Morgan fingerprint density at radius 3 is 3.14 bits per heavy atom. The van der Waals surface area contributed by atoms with Crippen molar-refractivity contribution in [1.82, 2.24) is 19.7 Å². The fourth-order valence-electron chi connectivity index (χ4n) is 2.48. The summed E-state index contributed by atoms with van der Waals surface area (Å²) in [6.07, 6.45) is 3.05. The maximum atomic E-state index is 8.89. The first-order chi connectivity index (χ1) is 10.7. The van der Waals surface area contributed by atoms with Crippen LogP contribution in [0.2, 0.25) is 5.02 Å². The minimum atomic E-state index is -0.176. The molecule has 0 N–H and O–H groups in total. The Bertz CT molecular complexity index is 710. The Hall–Kier alpha value is -2.17. The van der Waals surface area contributed by atoms with Crippen LogP contribution in [0.1, 0.15) is 24.4 Å². The second-order valence-corrected chi connectivity index (χ2v) is 5.33. The van der Waals surface area contributed by atoms with Gasteiger partial charge in [0.25, 0.3) is 0 Å². The second kappa shape index (κ2) is 6.30. The number of aryl methyl sites for hydroxylation is 1. The number of nitrogens with zero attached hydrogens (tertiary/aromatic N) is 6. The van der Waals surface area contributed by atoms with E-state index in [0.717, 1.165) is 12.4 Å². The monoisotopic (exact) mass is 318 g/mol. The van der Waals surface area contributed by atoms with Crippen molar-refractivity contribution in [2.24, 2.45) is 0 Å². The number of rotatable bonds is 3. The van der Waals surface area contributed by atoms with Crippen molar-refractivity contribution in [1.29, 1.82) is 5.26 Å². The lowest BCUT2D eigenvalue weighted by Crippen LogP contribution is -2.40. The van der Waals surface area contributed by atoms with Gasteiger partial charge in [0.1, 0.15) is 24.3 Å². The van der Waals surface area contributed by atoms with Crippen LogP contribution < -0.4 is 4.90 Å². The van der Waals surface area contributed by atoms with Gasteiger partial charge in [-0.2, -0.15) is 5.26 Å². The summed E-state index contributed by atoms with van der Waals surface area (Å²) in [7, 11) is 0. The summed E-state index contributed by atoms with van der Waals surface area (Å²) in [5, 5.41) is 17.5. The van der Waals surface area contributed by atoms with Gasteiger partial charge in [-0.15, -0.1) is 10.2 Å². The first-order valence-corrected chi connectivity index (χ1v) is 7.40. The minimum absolute atomic E-state index is 0.176. The summed E-state index contributed by atoms with van der Waals surface area (Å²) in [5.41, 5.74) is 0.448. The number of nitriles is 1. The van der Waals surface area contributed by atoms with E-state index in [1.807, 2.05) is 22.5 Å². The molecule has 3 rings (SSSR count). The molecule has 0 radical (unpaired) electrons. The van der Waals surface area contributed by atoms with Crippen molar-refractivity contribution in [3.05, 3.63) is 35.0 Å². The fourth-order valence-corrected chi connectivity index (χ4v) is 2.77. The molecule has 0 amide bonds. The molecule has 22 heavy (non-hydrogen) atoms. The van der Waals surface area contributed by atoms with E-state index in [9.17, 15) is 0 Å². The molecule has 0 saturated carbocycles. The predicted octanol–water partition coefficient (Wildman–Crippen LogP) is 1.80. The Morgan fingerprint density at radius 2 is 2.41 bits per heavy atom. The van der Waals surface area contributed by atoms with Gasteiger partial charge in [-0.3, -0.25) is 0 Å². The summed E-state index contributed by atoms with van der Waals surface area (Å²) in [6.45, 7) is 4.66. The molecule has 3 heterocycles. The van der Waals surface area contributed by atoms with E-state index in [1.165, 1.54) is 6.20 Å². The van der Waals surface area contributed by atoms with E-state index in [-0.39, 0.29) is 6.10 Å². The molecule has 7 nitrogen and oxygen atoms in total. The largest absolute Gasteiger partial charge is 0.366 e. The van der Waals surface area contributed by atoms with E-state index in [2.05, 4.69) is 15.2 Å².